The van der Waals surface area contributed by atoms with E-state index >= 15 is 0 Å². The van der Waals surface area contributed by atoms with E-state index in [1.807, 2.05) is 17.0 Å². The minimum Gasteiger partial charge on any atom is -0.397 e. The summed E-state index contributed by atoms with van der Waals surface area (Å²) < 4.78 is 0. The van der Waals surface area contributed by atoms with E-state index in [0.29, 0.717) is 17.9 Å². The van der Waals surface area contributed by atoms with E-state index in [9.17, 15) is 4.79 Å². The summed E-state index contributed by atoms with van der Waals surface area (Å²) in [7, 11) is 0. The van der Waals surface area contributed by atoms with Gasteiger partial charge in [-0.3, -0.25) is 4.79 Å². The van der Waals surface area contributed by atoms with Crippen molar-refractivity contribution in [2.75, 3.05) is 12.3 Å². The third kappa shape index (κ3) is 2.29. The molecule has 0 saturated carbocycles. The predicted octanol–water partition coefficient (Wildman–Crippen LogP) is 1.86. The lowest BCUT2D eigenvalue weighted by Gasteiger charge is -2.28. The van der Waals surface area contributed by atoms with Gasteiger partial charge in [0, 0.05) is 13.1 Å². The number of nitrogens with two attached hydrogens (primary N) is 1. The SMILES string of the molecule is Nc1ccc(C(=O)N2CCc3ccccc3C2)nc1. The first kappa shape index (κ1) is 11.7. The van der Waals surface area contributed by atoms with Gasteiger partial charge in [0.15, 0.2) is 0 Å². The molecule has 1 aliphatic heterocycles. The van der Waals surface area contributed by atoms with Crippen LogP contribution in [0.1, 0.15) is 21.6 Å². The Labute approximate surface area is 111 Å². The van der Waals surface area contributed by atoms with Crippen LogP contribution in [0.5, 0.6) is 0 Å². The van der Waals surface area contributed by atoms with Crippen LogP contribution in [-0.4, -0.2) is 22.3 Å². The lowest BCUT2D eigenvalue weighted by Crippen LogP contribution is -2.36. The van der Waals surface area contributed by atoms with Crippen LogP contribution in [0.25, 0.3) is 0 Å². The third-order valence-corrected chi connectivity index (χ3v) is 3.42. The fourth-order valence-corrected chi connectivity index (χ4v) is 2.36. The van der Waals surface area contributed by atoms with Gasteiger partial charge in [0.25, 0.3) is 5.91 Å². The minimum atomic E-state index is -0.0329. The molecule has 0 bridgehead atoms. The number of benzene rings is 1. The van der Waals surface area contributed by atoms with Crippen LogP contribution >= 0.6 is 0 Å². The summed E-state index contributed by atoms with van der Waals surface area (Å²) in [4.78, 5) is 18.3. The molecule has 2 aromatic rings. The molecule has 3 rings (SSSR count). The maximum atomic E-state index is 12.3. The van der Waals surface area contributed by atoms with Crippen molar-refractivity contribution >= 4 is 11.6 Å². The van der Waals surface area contributed by atoms with Crippen LogP contribution < -0.4 is 5.73 Å². The van der Waals surface area contributed by atoms with Crippen LogP contribution in [0.4, 0.5) is 5.69 Å². The molecule has 0 spiro atoms. The number of hydrogen-bond acceptors (Lipinski definition) is 3. The summed E-state index contributed by atoms with van der Waals surface area (Å²) in [5.41, 5.74) is 9.15. The highest BCUT2D eigenvalue weighted by atomic mass is 16.2. The number of hydrogen-bond donors (Lipinski definition) is 1. The number of aromatic nitrogens is 1. The molecule has 0 atom stereocenters. The maximum absolute atomic E-state index is 12.3. The smallest absolute Gasteiger partial charge is 0.272 e. The monoisotopic (exact) mass is 253 g/mol. The van der Waals surface area contributed by atoms with Crippen molar-refractivity contribution in [3.05, 3.63) is 59.4 Å². The highest BCUT2D eigenvalue weighted by Gasteiger charge is 2.22. The number of pyridine rings is 1. The summed E-state index contributed by atoms with van der Waals surface area (Å²) >= 11 is 0. The van der Waals surface area contributed by atoms with Crippen molar-refractivity contribution in [2.24, 2.45) is 0 Å². The molecule has 4 nitrogen and oxygen atoms in total. The summed E-state index contributed by atoms with van der Waals surface area (Å²) in [5, 5.41) is 0. The Morgan fingerprint density at radius 1 is 1.16 bits per heavy atom. The van der Waals surface area contributed by atoms with E-state index in [4.69, 9.17) is 5.73 Å². The number of fused-ring (bicyclic) bond motifs is 1. The number of carbonyl (C=O) groups excluding carboxylic acids is 1. The highest BCUT2D eigenvalue weighted by Crippen LogP contribution is 2.19. The van der Waals surface area contributed by atoms with Gasteiger partial charge >= 0.3 is 0 Å². The Morgan fingerprint density at radius 3 is 2.68 bits per heavy atom. The van der Waals surface area contributed by atoms with Gasteiger partial charge in [0.2, 0.25) is 0 Å². The zero-order chi connectivity index (χ0) is 13.2. The molecule has 4 heteroatoms. The second-order valence-electron chi connectivity index (χ2n) is 4.72. The highest BCUT2D eigenvalue weighted by molar-refractivity contribution is 5.92. The second-order valence-corrected chi connectivity index (χ2v) is 4.72. The van der Waals surface area contributed by atoms with Crippen LogP contribution in [0.15, 0.2) is 42.6 Å². The first-order valence-electron chi connectivity index (χ1n) is 6.31. The molecule has 2 heterocycles. The van der Waals surface area contributed by atoms with E-state index in [0.717, 1.165) is 13.0 Å². The van der Waals surface area contributed by atoms with Gasteiger partial charge in [-0.2, -0.15) is 0 Å². The van der Waals surface area contributed by atoms with Crippen LogP contribution in [0.2, 0.25) is 0 Å². The van der Waals surface area contributed by atoms with Crippen LogP contribution in [-0.2, 0) is 13.0 Å². The van der Waals surface area contributed by atoms with Gasteiger partial charge in [-0.1, -0.05) is 24.3 Å². The Balaban J connectivity index is 1.81. The summed E-state index contributed by atoms with van der Waals surface area (Å²) in [5.74, 6) is -0.0329. The van der Waals surface area contributed by atoms with Crippen LogP contribution in [0.3, 0.4) is 0 Å². The molecular weight excluding hydrogens is 238 g/mol. The Hall–Kier alpha value is -2.36. The van der Waals surface area contributed by atoms with E-state index in [-0.39, 0.29) is 5.91 Å². The van der Waals surface area contributed by atoms with Gasteiger partial charge in [0.05, 0.1) is 11.9 Å². The fourth-order valence-electron chi connectivity index (χ4n) is 2.36. The van der Waals surface area contributed by atoms with Crippen molar-refractivity contribution < 1.29 is 4.79 Å². The molecule has 0 saturated heterocycles. The predicted molar refractivity (Wildman–Crippen MR) is 73.5 cm³/mol. The Kier molecular flexibility index (Phi) is 2.91. The number of rotatable bonds is 1. The standard InChI is InChI=1S/C15H15N3O/c16-13-5-6-14(17-9-13)15(19)18-8-7-11-3-1-2-4-12(11)10-18/h1-6,9H,7-8,10,16H2. The van der Waals surface area contributed by atoms with Crippen LogP contribution in [0, 0.1) is 0 Å². The Bertz CT molecular complexity index is 607. The molecule has 2 N–H and O–H groups in total. The van der Waals surface area contributed by atoms with E-state index in [1.54, 1.807) is 12.1 Å². The second kappa shape index (κ2) is 4.72. The van der Waals surface area contributed by atoms with Crippen molar-refractivity contribution in [3.63, 3.8) is 0 Å². The number of carbonyl (C=O) groups is 1. The normalized spacial score (nSPS) is 14.0. The minimum absolute atomic E-state index is 0.0329. The quantitative estimate of drug-likeness (QED) is 0.844. The van der Waals surface area contributed by atoms with Gasteiger partial charge in [-0.05, 0) is 29.7 Å². The zero-order valence-corrected chi connectivity index (χ0v) is 10.5. The summed E-state index contributed by atoms with van der Waals surface area (Å²) in [6.45, 7) is 1.39. The largest absolute Gasteiger partial charge is 0.397 e. The van der Waals surface area contributed by atoms with E-state index in [2.05, 4.69) is 17.1 Å². The average molecular weight is 253 g/mol. The molecule has 0 unspecified atom stereocenters. The summed E-state index contributed by atoms with van der Waals surface area (Å²) in [6.07, 6.45) is 2.42. The molecule has 1 aliphatic rings. The average Bonchev–Trinajstić information content (AvgIpc) is 2.47. The number of nitrogens with zero attached hydrogens (tertiary/aromatic N) is 2. The third-order valence-electron chi connectivity index (χ3n) is 3.42. The maximum Gasteiger partial charge on any atom is 0.272 e. The molecule has 19 heavy (non-hydrogen) atoms. The lowest BCUT2D eigenvalue weighted by molar-refractivity contribution is 0.0729. The van der Waals surface area contributed by atoms with Crippen molar-refractivity contribution in [1.29, 1.82) is 0 Å². The molecule has 0 aliphatic carbocycles. The van der Waals surface area contributed by atoms with E-state index in [1.165, 1.54) is 17.3 Å². The molecule has 0 fully saturated rings. The first-order chi connectivity index (χ1) is 9.24. The van der Waals surface area contributed by atoms with Crippen molar-refractivity contribution in [2.45, 2.75) is 13.0 Å². The molecule has 96 valence electrons. The molecule has 1 aromatic heterocycles. The zero-order valence-electron chi connectivity index (χ0n) is 10.5. The molecular formula is C15H15N3O. The van der Waals surface area contributed by atoms with Gasteiger partial charge in [0.1, 0.15) is 5.69 Å². The number of anilines is 1. The first-order valence-corrected chi connectivity index (χ1v) is 6.31. The molecule has 1 amide bonds. The van der Waals surface area contributed by atoms with Gasteiger partial charge in [-0.25, -0.2) is 4.98 Å². The van der Waals surface area contributed by atoms with Crippen molar-refractivity contribution in [3.8, 4) is 0 Å². The fraction of sp³-hybridized carbons (Fsp3) is 0.200. The van der Waals surface area contributed by atoms with Crippen molar-refractivity contribution in [1.82, 2.24) is 9.88 Å². The number of amides is 1. The molecule has 1 aromatic carbocycles. The lowest BCUT2D eigenvalue weighted by atomic mass is 10.00. The van der Waals surface area contributed by atoms with Gasteiger partial charge < -0.3 is 10.6 Å². The molecule has 0 radical (unpaired) electrons. The Morgan fingerprint density at radius 2 is 1.95 bits per heavy atom. The number of nitrogen functional groups attached to an aromatic ring is 1. The van der Waals surface area contributed by atoms with Gasteiger partial charge in [-0.15, -0.1) is 0 Å². The topological polar surface area (TPSA) is 59.2 Å². The van der Waals surface area contributed by atoms with E-state index < -0.39 is 0 Å². The summed E-state index contributed by atoms with van der Waals surface area (Å²) in [6, 6.07) is 11.6.